The van der Waals surface area contributed by atoms with Crippen LogP contribution in [0.25, 0.3) is 0 Å². The second-order valence-electron chi connectivity index (χ2n) is 6.91. The molecule has 7 heteroatoms. The summed E-state index contributed by atoms with van der Waals surface area (Å²) in [5.41, 5.74) is 1.36. The van der Waals surface area contributed by atoms with Crippen molar-refractivity contribution in [3.8, 4) is 17.2 Å². The molecule has 154 valence electrons. The number of likely N-dealkylation sites (tertiary alicyclic amines) is 1. The van der Waals surface area contributed by atoms with Gasteiger partial charge in [0.1, 0.15) is 6.61 Å². The van der Waals surface area contributed by atoms with Gasteiger partial charge in [-0.15, -0.1) is 0 Å². The van der Waals surface area contributed by atoms with Crippen molar-refractivity contribution in [1.29, 1.82) is 0 Å². The van der Waals surface area contributed by atoms with Gasteiger partial charge in [0.15, 0.2) is 11.5 Å². The number of benzene rings is 2. The molecule has 0 spiro atoms. The van der Waals surface area contributed by atoms with Crippen LogP contribution in [-0.4, -0.2) is 49.2 Å². The van der Waals surface area contributed by atoms with Gasteiger partial charge in [-0.05, 0) is 30.5 Å². The Balaban J connectivity index is 1.83. The van der Waals surface area contributed by atoms with E-state index in [4.69, 9.17) is 14.2 Å². The molecule has 0 radical (unpaired) electrons. The largest absolute Gasteiger partial charge is 0.493 e. The Morgan fingerprint density at radius 1 is 1.10 bits per heavy atom. The smallest absolute Gasteiger partial charge is 0.308 e. The molecule has 29 heavy (non-hydrogen) atoms. The maximum atomic E-state index is 13.0. The first-order chi connectivity index (χ1) is 14.0. The lowest BCUT2D eigenvalue weighted by Gasteiger charge is -2.31. The average Bonchev–Trinajstić information content (AvgIpc) is 2.77. The van der Waals surface area contributed by atoms with E-state index >= 15 is 0 Å². The van der Waals surface area contributed by atoms with E-state index in [1.165, 1.54) is 14.2 Å². The Morgan fingerprint density at radius 2 is 1.76 bits per heavy atom. The quantitative estimate of drug-likeness (QED) is 0.770. The third-order valence-corrected chi connectivity index (χ3v) is 4.99. The molecule has 7 nitrogen and oxygen atoms in total. The van der Waals surface area contributed by atoms with Crippen molar-refractivity contribution in [2.75, 3.05) is 27.3 Å². The Morgan fingerprint density at radius 3 is 2.34 bits per heavy atom. The average molecular weight is 399 g/mol. The predicted octanol–water partition coefficient (Wildman–Crippen LogP) is 3.22. The van der Waals surface area contributed by atoms with Crippen LogP contribution >= 0.6 is 0 Å². The first kappa shape index (κ1) is 20.5. The lowest BCUT2D eigenvalue weighted by molar-refractivity contribution is -0.143. The second kappa shape index (κ2) is 9.32. The number of hydrogen-bond acceptors (Lipinski definition) is 5. The van der Waals surface area contributed by atoms with Gasteiger partial charge in [-0.2, -0.15) is 0 Å². The molecule has 0 aromatic heterocycles. The standard InChI is InChI=1S/C22H25NO6/c1-27-18-11-17(21(24)23-10-6-9-16(13-23)22(25)26)12-19(28-2)20(18)29-14-15-7-4-3-5-8-15/h3-5,7-8,11-12,16H,6,9-10,13-14H2,1-2H3,(H,25,26)/t16-/m0/s1. The third kappa shape index (κ3) is 4.80. The molecule has 1 heterocycles. The maximum Gasteiger partial charge on any atom is 0.308 e. The molecule has 1 saturated heterocycles. The molecule has 2 aromatic carbocycles. The number of aliphatic carboxylic acids is 1. The highest BCUT2D eigenvalue weighted by Crippen LogP contribution is 2.39. The highest BCUT2D eigenvalue weighted by molar-refractivity contribution is 5.96. The van der Waals surface area contributed by atoms with Gasteiger partial charge >= 0.3 is 5.97 Å². The maximum absolute atomic E-state index is 13.0. The summed E-state index contributed by atoms with van der Waals surface area (Å²) in [4.78, 5) is 25.8. The molecule has 0 unspecified atom stereocenters. The second-order valence-corrected chi connectivity index (χ2v) is 6.91. The number of methoxy groups -OCH3 is 2. The van der Waals surface area contributed by atoms with Gasteiger partial charge in [0.05, 0.1) is 20.1 Å². The van der Waals surface area contributed by atoms with Crippen LogP contribution in [0.5, 0.6) is 17.2 Å². The van der Waals surface area contributed by atoms with Crippen molar-refractivity contribution in [2.24, 2.45) is 5.92 Å². The summed E-state index contributed by atoms with van der Waals surface area (Å²) in [7, 11) is 3.00. The Hall–Kier alpha value is -3.22. The van der Waals surface area contributed by atoms with E-state index in [1.807, 2.05) is 30.3 Å². The molecule has 1 amide bonds. The van der Waals surface area contributed by atoms with Crippen LogP contribution in [0.4, 0.5) is 0 Å². The highest BCUT2D eigenvalue weighted by Gasteiger charge is 2.29. The van der Waals surface area contributed by atoms with Gasteiger partial charge in [-0.1, -0.05) is 30.3 Å². The van der Waals surface area contributed by atoms with Gasteiger partial charge in [0.2, 0.25) is 5.75 Å². The molecule has 2 aromatic rings. The van der Waals surface area contributed by atoms with E-state index in [0.717, 1.165) is 5.56 Å². The van der Waals surface area contributed by atoms with Gasteiger partial charge in [0.25, 0.3) is 5.91 Å². The van der Waals surface area contributed by atoms with Gasteiger partial charge in [0, 0.05) is 18.7 Å². The number of carbonyl (C=O) groups excluding carboxylic acids is 1. The molecule has 3 rings (SSSR count). The van der Waals surface area contributed by atoms with Crippen LogP contribution in [0.1, 0.15) is 28.8 Å². The predicted molar refractivity (Wildman–Crippen MR) is 107 cm³/mol. The molecule has 1 aliphatic rings. The summed E-state index contributed by atoms with van der Waals surface area (Å²) in [5, 5.41) is 9.27. The normalized spacial score (nSPS) is 16.2. The minimum Gasteiger partial charge on any atom is -0.493 e. The number of carbonyl (C=O) groups is 2. The minimum absolute atomic E-state index is 0.199. The molecule has 0 saturated carbocycles. The lowest BCUT2D eigenvalue weighted by atomic mass is 9.97. The number of rotatable bonds is 7. The molecular formula is C22H25NO6. The number of amides is 1. The van der Waals surface area contributed by atoms with Crippen molar-refractivity contribution in [1.82, 2.24) is 4.90 Å². The highest BCUT2D eigenvalue weighted by atomic mass is 16.5. The molecule has 1 atom stereocenters. The summed E-state index contributed by atoms with van der Waals surface area (Å²) in [6, 6.07) is 12.9. The van der Waals surface area contributed by atoms with E-state index in [0.29, 0.717) is 48.8 Å². The first-order valence-electron chi connectivity index (χ1n) is 9.48. The monoisotopic (exact) mass is 399 g/mol. The summed E-state index contributed by atoms with van der Waals surface area (Å²) >= 11 is 0. The number of nitrogens with zero attached hydrogens (tertiary/aromatic N) is 1. The SMILES string of the molecule is COc1cc(C(=O)N2CCC[C@H](C(=O)O)C2)cc(OC)c1OCc1ccccc1. The van der Waals surface area contributed by atoms with Crippen molar-refractivity contribution >= 4 is 11.9 Å². The van der Waals surface area contributed by atoms with Crippen LogP contribution in [-0.2, 0) is 11.4 Å². The first-order valence-corrected chi connectivity index (χ1v) is 9.48. The van der Waals surface area contributed by atoms with Crippen LogP contribution in [0.3, 0.4) is 0 Å². The fourth-order valence-corrected chi connectivity index (χ4v) is 3.42. The van der Waals surface area contributed by atoms with E-state index < -0.39 is 11.9 Å². The summed E-state index contributed by atoms with van der Waals surface area (Å²) in [5.74, 6) is -0.474. The van der Waals surface area contributed by atoms with Gasteiger partial charge in [-0.3, -0.25) is 9.59 Å². The fourth-order valence-electron chi connectivity index (χ4n) is 3.42. The van der Waals surface area contributed by atoms with E-state index in [2.05, 4.69) is 0 Å². The minimum atomic E-state index is -0.873. The lowest BCUT2D eigenvalue weighted by Crippen LogP contribution is -2.42. The molecule has 1 fully saturated rings. The summed E-state index contributed by atoms with van der Waals surface area (Å²) in [6.45, 7) is 1.05. The van der Waals surface area contributed by atoms with Crippen molar-refractivity contribution in [2.45, 2.75) is 19.4 Å². The van der Waals surface area contributed by atoms with E-state index in [1.54, 1.807) is 17.0 Å². The topological polar surface area (TPSA) is 85.3 Å². The van der Waals surface area contributed by atoms with Crippen LogP contribution in [0, 0.1) is 5.92 Å². The summed E-state index contributed by atoms with van der Waals surface area (Å²) in [6.07, 6.45) is 1.24. The van der Waals surface area contributed by atoms with Crippen molar-refractivity contribution in [3.63, 3.8) is 0 Å². The Labute approximate surface area is 169 Å². The number of piperidine rings is 1. The zero-order chi connectivity index (χ0) is 20.8. The van der Waals surface area contributed by atoms with Crippen LogP contribution in [0.2, 0.25) is 0 Å². The van der Waals surface area contributed by atoms with E-state index in [-0.39, 0.29) is 12.5 Å². The molecule has 1 aliphatic heterocycles. The third-order valence-electron chi connectivity index (χ3n) is 4.99. The molecule has 0 aliphatic carbocycles. The van der Waals surface area contributed by atoms with E-state index in [9.17, 15) is 14.7 Å². The number of carboxylic acid groups (broad SMARTS) is 1. The van der Waals surface area contributed by atoms with Crippen LogP contribution < -0.4 is 14.2 Å². The van der Waals surface area contributed by atoms with Gasteiger partial charge < -0.3 is 24.2 Å². The number of ether oxygens (including phenoxy) is 3. The van der Waals surface area contributed by atoms with Crippen LogP contribution in [0.15, 0.2) is 42.5 Å². The number of hydrogen-bond donors (Lipinski definition) is 1. The summed E-state index contributed by atoms with van der Waals surface area (Å²) < 4.78 is 16.8. The fraction of sp³-hybridized carbons (Fsp3) is 0.364. The van der Waals surface area contributed by atoms with Gasteiger partial charge in [-0.25, -0.2) is 0 Å². The molecule has 1 N–H and O–H groups in total. The Kier molecular flexibility index (Phi) is 6.59. The zero-order valence-electron chi connectivity index (χ0n) is 16.6. The van der Waals surface area contributed by atoms with Crippen molar-refractivity contribution in [3.05, 3.63) is 53.6 Å². The van der Waals surface area contributed by atoms with Crippen molar-refractivity contribution < 1.29 is 28.9 Å². The molecule has 0 bridgehead atoms. The zero-order valence-corrected chi connectivity index (χ0v) is 16.6. The Bertz CT molecular complexity index is 842. The number of carboxylic acids is 1. The molecular weight excluding hydrogens is 374 g/mol.